The number of aliphatic hydroxyl groups is 2. The summed E-state index contributed by atoms with van der Waals surface area (Å²) in [4.78, 5) is 12.7. The molecule has 28 heavy (non-hydrogen) atoms. The zero-order valence-electron chi connectivity index (χ0n) is 14.9. The molecule has 2 aromatic rings. The molecule has 0 unspecified atom stereocenters. The molecule has 4 atom stereocenters. The minimum atomic E-state index is -3.32. The van der Waals surface area contributed by atoms with Crippen LogP contribution in [0.5, 0.6) is 5.75 Å². The van der Waals surface area contributed by atoms with E-state index in [1.807, 2.05) is 0 Å². The number of ether oxygens (including phenoxy) is 1. The van der Waals surface area contributed by atoms with Crippen molar-refractivity contribution in [2.75, 3.05) is 12.0 Å². The largest absolute Gasteiger partial charge is 0.486 e. The van der Waals surface area contributed by atoms with Gasteiger partial charge in [-0.15, -0.1) is 11.8 Å². The molecule has 0 aliphatic carbocycles. The Balaban J connectivity index is 1.72. The van der Waals surface area contributed by atoms with E-state index in [4.69, 9.17) is 4.74 Å². The van der Waals surface area contributed by atoms with E-state index < -0.39 is 28.1 Å². The van der Waals surface area contributed by atoms with Gasteiger partial charge in [0, 0.05) is 23.1 Å². The van der Waals surface area contributed by atoms with Crippen LogP contribution in [0, 0.1) is 0 Å². The van der Waals surface area contributed by atoms with Gasteiger partial charge in [-0.05, 0) is 48.5 Å². The van der Waals surface area contributed by atoms with Crippen LogP contribution in [0.25, 0.3) is 0 Å². The average molecular weight is 441 g/mol. The SMILES string of the molecule is CS(=O)(=O)c1ccc(C(=O)c2ccc(O[C@@H]3[C@@H](O)[C@H](O)CS[C@@H]3S)cc2)cc1. The van der Waals surface area contributed by atoms with E-state index in [0.29, 0.717) is 22.6 Å². The summed E-state index contributed by atoms with van der Waals surface area (Å²) in [6.45, 7) is 0. The number of thioether (sulfide) groups is 1. The Bertz CT molecular complexity index is 941. The first-order chi connectivity index (χ1) is 13.2. The van der Waals surface area contributed by atoms with Crippen molar-refractivity contribution in [2.24, 2.45) is 0 Å². The van der Waals surface area contributed by atoms with Crippen LogP contribution in [0.4, 0.5) is 0 Å². The van der Waals surface area contributed by atoms with Gasteiger partial charge in [-0.25, -0.2) is 8.42 Å². The van der Waals surface area contributed by atoms with Crippen LogP contribution < -0.4 is 4.74 Å². The number of ketones is 1. The maximum atomic E-state index is 12.6. The van der Waals surface area contributed by atoms with E-state index in [1.54, 1.807) is 24.3 Å². The third-order valence-electron chi connectivity index (χ3n) is 4.38. The Morgan fingerprint density at radius 3 is 2.14 bits per heavy atom. The number of thiol groups is 1. The number of hydrogen-bond donors (Lipinski definition) is 3. The highest BCUT2D eigenvalue weighted by atomic mass is 32.2. The summed E-state index contributed by atoms with van der Waals surface area (Å²) in [6.07, 6.45) is -1.49. The van der Waals surface area contributed by atoms with E-state index in [2.05, 4.69) is 12.6 Å². The molecule has 0 spiro atoms. The van der Waals surface area contributed by atoms with Crippen molar-refractivity contribution in [2.45, 2.75) is 27.8 Å². The number of carbonyl (C=O) groups excluding carboxylic acids is 1. The summed E-state index contributed by atoms with van der Waals surface area (Å²) in [6, 6.07) is 12.2. The maximum absolute atomic E-state index is 12.6. The van der Waals surface area contributed by atoms with Gasteiger partial charge in [0.1, 0.15) is 18.0 Å². The molecular weight excluding hydrogens is 420 g/mol. The lowest BCUT2D eigenvalue weighted by molar-refractivity contribution is -0.0372. The predicted octanol–water partition coefficient (Wildman–Crippen LogP) is 1.79. The molecule has 3 rings (SSSR count). The van der Waals surface area contributed by atoms with Crippen molar-refractivity contribution in [3.8, 4) is 5.75 Å². The minimum absolute atomic E-state index is 0.153. The van der Waals surface area contributed by atoms with E-state index in [9.17, 15) is 23.4 Å². The van der Waals surface area contributed by atoms with Gasteiger partial charge in [-0.1, -0.05) is 0 Å². The fraction of sp³-hybridized carbons (Fsp3) is 0.316. The third kappa shape index (κ3) is 4.72. The molecule has 1 aliphatic heterocycles. The standard InChI is InChI=1S/C19H20O6S3/c1-28(23,24)14-8-4-12(5-9-14)16(21)11-2-6-13(7-3-11)25-18-17(22)15(20)10-27-19(18)26/h2-9,15,17-20,22,26H,10H2,1H3/t15-,17+,18-,19+/m1/s1. The lowest BCUT2D eigenvalue weighted by Crippen LogP contribution is -2.50. The molecule has 2 N–H and O–H groups in total. The first kappa shape index (κ1) is 21.2. The van der Waals surface area contributed by atoms with Gasteiger partial charge in [0.05, 0.1) is 15.6 Å². The van der Waals surface area contributed by atoms with Crippen molar-refractivity contribution in [1.29, 1.82) is 0 Å². The highest BCUT2D eigenvalue weighted by Crippen LogP contribution is 2.32. The Labute approximate surface area is 173 Å². The van der Waals surface area contributed by atoms with Gasteiger partial charge >= 0.3 is 0 Å². The molecule has 0 radical (unpaired) electrons. The van der Waals surface area contributed by atoms with E-state index in [0.717, 1.165) is 6.26 Å². The molecule has 0 saturated carbocycles. The summed E-state index contributed by atoms with van der Waals surface area (Å²) < 4.78 is 28.5. The molecule has 0 aromatic heterocycles. The zero-order chi connectivity index (χ0) is 20.5. The fourth-order valence-electron chi connectivity index (χ4n) is 2.77. The maximum Gasteiger partial charge on any atom is 0.193 e. The van der Waals surface area contributed by atoms with Crippen molar-refractivity contribution >= 4 is 40.0 Å². The average Bonchev–Trinajstić information content (AvgIpc) is 2.67. The highest BCUT2D eigenvalue weighted by molar-refractivity contribution is 8.10. The number of carbonyl (C=O) groups is 1. The van der Waals surface area contributed by atoms with Crippen LogP contribution in [0.15, 0.2) is 53.4 Å². The van der Waals surface area contributed by atoms with Gasteiger partial charge in [0.15, 0.2) is 15.6 Å². The number of aliphatic hydroxyl groups excluding tert-OH is 2. The van der Waals surface area contributed by atoms with Crippen LogP contribution in [-0.2, 0) is 9.84 Å². The van der Waals surface area contributed by atoms with Crippen LogP contribution in [-0.4, -0.2) is 59.3 Å². The van der Waals surface area contributed by atoms with Gasteiger partial charge in [0.25, 0.3) is 0 Å². The normalized spacial score (nSPS) is 25.3. The topological polar surface area (TPSA) is 101 Å². The summed E-state index contributed by atoms with van der Waals surface area (Å²) in [5.41, 5.74) is 0.791. The quantitative estimate of drug-likeness (QED) is 0.481. The van der Waals surface area contributed by atoms with Crippen molar-refractivity contribution < 1.29 is 28.2 Å². The first-order valence-electron chi connectivity index (χ1n) is 8.44. The molecule has 150 valence electrons. The smallest absolute Gasteiger partial charge is 0.193 e. The lowest BCUT2D eigenvalue weighted by atomic mass is 10.0. The summed E-state index contributed by atoms with van der Waals surface area (Å²) in [7, 11) is -3.32. The van der Waals surface area contributed by atoms with Gasteiger partial charge in [-0.3, -0.25) is 4.79 Å². The van der Waals surface area contributed by atoms with Gasteiger partial charge < -0.3 is 14.9 Å². The van der Waals surface area contributed by atoms with Crippen LogP contribution >= 0.6 is 24.4 Å². The molecule has 1 fully saturated rings. The second-order valence-electron chi connectivity index (χ2n) is 6.51. The Morgan fingerprint density at radius 2 is 1.61 bits per heavy atom. The lowest BCUT2D eigenvalue weighted by Gasteiger charge is -2.35. The molecule has 1 heterocycles. The van der Waals surface area contributed by atoms with Crippen molar-refractivity contribution in [3.05, 3.63) is 59.7 Å². The fourth-order valence-corrected chi connectivity index (χ4v) is 4.89. The predicted molar refractivity (Wildman–Crippen MR) is 111 cm³/mol. The molecule has 0 bridgehead atoms. The Kier molecular flexibility index (Phi) is 6.41. The molecule has 6 nitrogen and oxygen atoms in total. The van der Waals surface area contributed by atoms with Crippen molar-refractivity contribution in [1.82, 2.24) is 0 Å². The van der Waals surface area contributed by atoms with E-state index >= 15 is 0 Å². The minimum Gasteiger partial charge on any atom is -0.486 e. The number of hydrogen-bond acceptors (Lipinski definition) is 8. The van der Waals surface area contributed by atoms with Crippen LogP contribution in [0.2, 0.25) is 0 Å². The second kappa shape index (κ2) is 8.46. The highest BCUT2D eigenvalue weighted by Gasteiger charge is 2.38. The molecular formula is C19H20O6S3. The van der Waals surface area contributed by atoms with Gasteiger partial charge in [-0.2, -0.15) is 12.6 Å². The summed E-state index contributed by atoms with van der Waals surface area (Å²) in [5.74, 6) is 0.588. The summed E-state index contributed by atoms with van der Waals surface area (Å²) >= 11 is 5.78. The van der Waals surface area contributed by atoms with Gasteiger partial charge in [0.2, 0.25) is 0 Å². The molecule has 9 heteroatoms. The number of benzene rings is 2. The summed E-state index contributed by atoms with van der Waals surface area (Å²) in [5, 5.41) is 19.9. The number of sulfone groups is 1. The number of rotatable bonds is 5. The van der Waals surface area contributed by atoms with Crippen LogP contribution in [0.1, 0.15) is 15.9 Å². The van der Waals surface area contributed by atoms with Crippen molar-refractivity contribution in [3.63, 3.8) is 0 Å². The first-order valence-corrected chi connectivity index (χ1v) is 11.9. The Morgan fingerprint density at radius 1 is 1.07 bits per heavy atom. The van der Waals surface area contributed by atoms with Crippen LogP contribution in [0.3, 0.4) is 0 Å². The molecule has 0 amide bonds. The second-order valence-corrected chi connectivity index (χ2v) is 10.6. The van der Waals surface area contributed by atoms with E-state index in [-0.39, 0.29) is 15.3 Å². The monoisotopic (exact) mass is 440 g/mol. The molecule has 1 saturated heterocycles. The third-order valence-corrected chi connectivity index (χ3v) is 7.40. The van der Waals surface area contributed by atoms with E-state index in [1.165, 1.54) is 36.0 Å². The Hall–Kier alpha value is -1.52. The molecule has 2 aromatic carbocycles. The molecule has 1 aliphatic rings. The zero-order valence-corrected chi connectivity index (χ0v) is 17.5.